The minimum atomic E-state index is -0.466. The highest BCUT2D eigenvalue weighted by molar-refractivity contribution is 5.50. The molecule has 2 rings (SSSR count). The Bertz CT molecular complexity index is 619. The second-order valence-corrected chi connectivity index (χ2v) is 4.19. The molecular weight excluding hydrogens is 260 g/mol. The lowest BCUT2D eigenvalue weighted by Gasteiger charge is -2.07. The van der Waals surface area contributed by atoms with Gasteiger partial charge in [-0.05, 0) is 38.1 Å². The Balaban J connectivity index is 2.38. The third kappa shape index (κ3) is 2.56. The minimum absolute atomic E-state index is 0.0930. The highest BCUT2D eigenvalue weighted by Gasteiger charge is 2.26. The Morgan fingerprint density at radius 3 is 2.55 bits per heavy atom. The summed E-state index contributed by atoms with van der Waals surface area (Å²) in [5.41, 5.74) is 1.19. The van der Waals surface area contributed by atoms with Gasteiger partial charge in [0.15, 0.2) is 0 Å². The van der Waals surface area contributed by atoms with E-state index in [1.54, 1.807) is 19.1 Å². The summed E-state index contributed by atoms with van der Waals surface area (Å²) in [7, 11) is 1.82. The van der Waals surface area contributed by atoms with Crippen LogP contribution in [0.1, 0.15) is 12.6 Å². The number of aryl methyl sites for hydroxylation is 2. The first kappa shape index (κ1) is 13.9. The number of hydrogen-bond acceptors (Lipinski definition) is 5. The van der Waals surface area contributed by atoms with Crippen molar-refractivity contribution in [2.75, 3.05) is 12.4 Å². The Kier molecular flexibility index (Phi) is 3.88. The molecule has 0 radical (unpaired) electrons. The van der Waals surface area contributed by atoms with Crippen LogP contribution < -0.4 is 10.1 Å². The molecule has 0 aliphatic rings. The number of hydrogen-bond donors (Lipinski definition) is 1. The number of aromatic nitrogens is 2. The summed E-state index contributed by atoms with van der Waals surface area (Å²) in [6.07, 6.45) is 0. The van der Waals surface area contributed by atoms with Crippen molar-refractivity contribution in [2.45, 2.75) is 20.4 Å². The molecule has 0 unspecified atom stereocenters. The van der Waals surface area contributed by atoms with Crippen LogP contribution in [0.15, 0.2) is 24.3 Å². The van der Waals surface area contributed by atoms with E-state index in [0.717, 1.165) is 5.69 Å². The van der Waals surface area contributed by atoms with Gasteiger partial charge in [0.1, 0.15) is 11.4 Å². The van der Waals surface area contributed by atoms with Gasteiger partial charge < -0.3 is 10.1 Å². The van der Waals surface area contributed by atoms with Crippen LogP contribution in [-0.2, 0) is 6.54 Å². The zero-order chi connectivity index (χ0) is 14.7. The van der Waals surface area contributed by atoms with Gasteiger partial charge in [-0.2, -0.15) is 5.10 Å². The largest absolute Gasteiger partial charge is 0.434 e. The van der Waals surface area contributed by atoms with Gasteiger partial charge in [0.25, 0.3) is 5.88 Å². The predicted octanol–water partition coefficient (Wildman–Crippen LogP) is 2.95. The maximum atomic E-state index is 11.1. The fourth-order valence-electron chi connectivity index (χ4n) is 1.88. The highest BCUT2D eigenvalue weighted by atomic mass is 16.6. The Labute approximate surface area is 116 Å². The van der Waals surface area contributed by atoms with E-state index in [9.17, 15) is 10.1 Å². The van der Waals surface area contributed by atoms with E-state index in [-0.39, 0.29) is 11.6 Å². The fraction of sp³-hybridized carbons (Fsp3) is 0.308. The van der Waals surface area contributed by atoms with Crippen LogP contribution in [0.3, 0.4) is 0 Å². The molecule has 0 saturated carbocycles. The minimum Gasteiger partial charge on any atom is -0.434 e. The Morgan fingerprint density at radius 2 is 2.05 bits per heavy atom. The number of nitrogens with one attached hydrogen (secondary N) is 1. The Hall–Kier alpha value is -2.57. The number of ether oxygens (including phenoxy) is 1. The second-order valence-electron chi connectivity index (χ2n) is 4.19. The third-order valence-electron chi connectivity index (χ3n) is 2.89. The van der Waals surface area contributed by atoms with Gasteiger partial charge >= 0.3 is 5.69 Å². The number of nitrogens with zero attached hydrogens (tertiary/aromatic N) is 3. The first-order valence-electron chi connectivity index (χ1n) is 6.24. The van der Waals surface area contributed by atoms with Gasteiger partial charge in [0, 0.05) is 19.3 Å². The summed E-state index contributed by atoms with van der Waals surface area (Å²) < 4.78 is 7.13. The van der Waals surface area contributed by atoms with Crippen LogP contribution in [0, 0.1) is 17.0 Å². The van der Waals surface area contributed by atoms with E-state index in [1.807, 2.05) is 26.1 Å². The first-order chi connectivity index (χ1) is 9.56. The van der Waals surface area contributed by atoms with Gasteiger partial charge in [-0.1, -0.05) is 0 Å². The quantitative estimate of drug-likeness (QED) is 0.670. The van der Waals surface area contributed by atoms with Crippen molar-refractivity contribution in [1.29, 1.82) is 0 Å². The van der Waals surface area contributed by atoms with Gasteiger partial charge in [0.2, 0.25) is 0 Å². The van der Waals surface area contributed by atoms with E-state index in [2.05, 4.69) is 10.4 Å². The van der Waals surface area contributed by atoms with Crippen molar-refractivity contribution < 1.29 is 9.66 Å². The SMILES string of the molecule is CCn1nc(C)c([N+](=O)[O-])c1Oc1ccc(NC)cc1. The molecule has 0 saturated heterocycles. The molecule has 20 heavy (non-hydrogen) atoms. The average molecular weight is 276 g/mol. The topological polar surface area (TPSA) is 82.2 Å². The van der Waals surface area contributed by atoms with E-state index in [4.69, 9.17) is 4.74 Å². The van der Waals surface area contributed by atoms with Crippen molar-refractivity contribution >= 4 is 11.4 Å². The molecule has 0 amide bonds. The molecule has 1 heterocycles. The summed E-state index contributed by atoms with van der Waals surface area (Å²) in [6, 6.07) is 7.16. The van der Waals surface area contributed by atoms with Crippen LogP contribution in [0.25, 0.3) is 0 Å². The second kappa shape index (κ2) is 5.60. The molecule has 1 N–H and O–H groups in total. The number of rotatable bonds is 5. The summed E-state index contributed by atoms with van der Waals surface area (Å²) in [5.74, 6) is 0.689. The lowest BCUT2D eigenvalue weighted by Crippen LogP contribution is -2.01. The van der Waals surface area contributed by atoms with Crippen LogP contribution in [-0.4, -0.2) is 21.8 Å². The third-order valence-corrected chi connectivity index (χ3v) is 2.89. The molecule has 0 fully saturated rings. The molecule has 0 atom stereocenters. The molecule has 0 aliphatic heterocycles. The maximum Gasteiger partial charge on any atom is 0.353 e. The van der Waals surface area contributed by atoms with Crippen molar-refractivity contribution in [3.8, 4) is 11.6 Å². The molecule has 1 aromatic heterocycles. The van der Waals surface area contributed by atoms with Crippen molar-refractivity contribution in [3.63, 3.8) is 0 Å². The molecule has 7 heteroatoms. The summed E-state index contributed by atoms with van der Waals surface area (Å²) in [6.45, 7) is 3.95. The number of nitro groups is 1. The summed E-state index contributed by atoms with van der Waals surface area (Å²) >= 11 is 0. The zero-order valence-corrected chi connectivity index (χ0v) is 11.6. The van der Waals surface area contributed by atoms with E-state index < -0.39 is 4.92 Å². The monoisotopic (exact) mass is 276 g/mol. The van der Waals surface area contributed by atoms with E-state index in [0.29, 0.717) is 18.0 Å². The Morgan fingerprint density at radius 1 is 1.40 bits per heavy atom. The molecular formula is C13H16N4O3. The number of benzene rings is 1. The molecule has 0 bridgehead atoms. The fourth-order valence-corrected chi connectivity index (χ4v) is 1.88. The van der Waals surface area contributed by atoms with Gasteiger partial charge in [-0.15, -0.1) is 0 Å². The first-order valence-corrected chi connectivity index (χ1v) is 6.24. The average Bonchev–Trinajstić information content (AvgIpc) is 2.75. The summed E-state index contributed by atoms with van der Waals surface area (Å²) in [4.78, 5) is 10.7. The van der Waals surface area contributed by atoms with Gasteiger partial charge in [0.05, 0.1) is 4.92 Å². The van der Waals surface area contributed by atoms with Crippen LogP contribution in [0.4, 0.5) is 11.4 Å². The lowest BCUT2D eigenvalue weighted by molar-refractivity contribution is -0.386. The molecule has 1 aromatic carbocycles. The molecule has 7 nitrogen and oxygen atoms in total. The van der Waals surface area contributed by atoms with Crippen molar-refractivity contribution in [3.05, 3.63) is 40.1 Å². The maximum absolute atomic E-state index is 11.1. The van der Waals surface area contributed by atoms with Crippen LogP contribution in [0.2, 0.25) is 0 Å². The lowest BCUT2D eigenvalue weighted by atomic mass is 10.3. The number of anilines is 1. The molecule has 0 spiro atoms. The predicted molar refractivity (Wildman–Crippen MR) is 75.4 cm³/mol. The van der Waals surface area contributed by atoms with Gasteiger partial charge in [-0.25, -0.2) is 4.68 Å². The van der Waals surface area contributed by atoms with Crippen LogP contribution in [0.5, 0.6) is 11.6 Å². The molecule has 0 aliphatic carbocycles. The molecule has 2 aromatic rings. The van der Waals surface area contributed by atoms with E-state index >= 15 is 0 Å². The molecule has 106 valence electrons. The zero-order valence-electron chi connectivity index (χ0n) is 11.6. The normalized spacial score (nSPS) is 10.3. The van der Waals surface area contributed by atoms with Gasteiger partial charge in [-0.3, -0.25) is 10.1 Å². The summed E-state index contributed by atoms with van der Waals surface area (Å²) in [5, 5.41) is 18.2. The van der Waals surface area contributed by atoms with Crippen LogP contribution >= 0.6 is 0 Å². The van der Waals surface area contributed by atoms with Crippen molar-refractivity contribution in [2.24, 2.45) is 0 Å². The highest BCUT2D eigenvalue weighted by Crippen LogP contribution is 2.34. The standard InChI is InChI=1S/C13H16N4O3/c1-4-16-13(12(17(18)19)9(2)15-16)20-11-7-5-10(14-3)6-8-11/h5-8,14H,4H2,1-3H3. The smallest absolute Gasteiger partial charge is 0.353 e. The van der Waals surface area contributed by atoms with E-state index in [1.165, 1.54) is 4.68 Å². The van der Waals surface area contributed by atoms with Crippen molar-refractivity contribution in [1.82, 2.24) is 9.78 Å².